The summed E-state index contributed by atoms with van der Waals surface area (Å²) >= 11 is 1.51. The first kappa shape index (κ1) is 13.7. The topological polar surface area (TPSA) is 37.8 Å². The summed E-state index contributed by atoms with van der Waals surface area (Å²) in [6.45, 7) is 0.662. The fourth-order valence-electron chi connectivity index (χ4n) is 2.32. The summed E-state index contributed by atoms with van der Waals surface area (Å²) in [7, 11) is 1.83. The monoisotopic (exact) mass is 279 g/mol. The number of aromatic nitrogens is 2. The van der Waals surface area contributed by atoms with E-state index in [2.05, 4.69) is 15.5 Å². The minimum absolute atomic E-state index is 0.159. The van der Waals surface area contributed by atoms with Gasteiger partial charge in [-0.15, -0.1) is 10.2 Å². The SMILES string of the molecule is CNCc1nnc(C2CCC(C(F)(F)F)CC2)s1. The Morgan fingerprint density at radius 1 is 1.22 bits per heavy atom. The Balaban J connectivity index is 1.92. The van der Waals surface area contributed by atoms with Crippen LogP contribution >= 0.6 is 11.3 Å². The van der Waals surface area contributed by atoms with E-state index in [4.69, 9.17) is 0 Å². The molecule has 1 saturated carbocycles. The van der Waals surface area contributed by atoms with Gasteiger partial charge in [-0.3, -0.25) is 0 Å². The molecule has 0 unspecified atom stereocenters. The molecule has 7 heteroatoms. The van der Waals surface area contributed by atoms with Crippen molar-refractivity contribution in [3.8, 4) is 0 Å². The van der Waals surface area contributed by atoms with Crippen molar-refractivity contribution in [3.05, 3.63) is 10.0 Å². The van der Waals surface area contributed by atoms with Gasteiger partial charge in [0, 0.05) is 12.5 Å². The first-order valence-corrected chi connectivity index (χ1v) is 6.86. The Morgan fingerprint density at radius 3 is 2.44 bits per heavy atom. The number of hydrogen-bond acceptors (Lipinski definition) is 4. The zero-order chi connectivity index (χ0) is 13.2. The van der Waals surface area contributed by atoms with E-state index in [1.54, 1.807) is 0 Å². The first-order chi connectivity index (χ1) is 8.50. The highest BCUT2D eigenvalue weighted by Crippen LogP contribution is 2.43. The maximum absolute atomic E-state index is 12.5. The van der Waals surface area contributed by atoms with Crippen LogP contribution in [0.1, 0.15) is 41.6 Å². The van der Waals surface area contributed by atoms with Gasteiger partial charge in [-0.25, -0.2) is 0 Å². The summed E-state index contributed by atoms with van der Waals surface area (Å²) in [4.78, 5) is 0. The van der Waals surface area contributed by atoms with Gasteiger partial charge >= 0.3 is 6.18 Å². The molecule has 0 bridgehead atoms. The molecule has 0 radical (unpaired) electrons. The molecule has 0 spiro atoms. The zero-order valence-electron chi connectivity index (χ0n) is 10.1. The molecule has 1 N–H and O–H groups in total. The fraction of sp³-hybridized carbons (Fsp3) is 0.818. The molecule has 3 nitrogen and oxygen atoms in total. The summed E-state index contributed by atoms with van der Waals surface area (Å²) in [5.41, 5.74) is 0. The van der Waals surface area contributed by atoms with Crippen molar-refractivity contribution in [2.75, 3.05) is 7.05 Å². The van der Waals surface area contributed by atoms with Crippen LogP contribution in [0, 0.1) is 5.92 Å². The lowest BCUT2D eigenvalue weighted by Crippen LogP contribution is -2.27. The van der Waals surface area contributed by atoms with Gasteiger partial charge in [-0.05, 0) is 32.7 Å². The molecule has 18 heavy (non-hydrogen) atoms. The van der Waals surface area contributed by atoms with Crippen molar-refractivity contribution in [2.24, 2.45) is 5.92 Å². The van der Waals surface area contributed by atoms with Crippen LogP contribution in [0.5, 0.6) is 0 Å². The minimum Gasteiger partial charge on any atom is -0.313 e. The second-order valence-electron chi connectivity index (χ2n) is 4.65. The van der Waals surface area contributed by atoms with E-state index in [1.165, 1.54) is 11.3 Å². The lowest BCUT2D eigenvalue weighted by Gasteiger charge is -2.28. The number of hydrogen-bond donors (Lipinski definition) is 1. The van der Waals surface area contributed by atoms with Crippen LogP contribution in [0.2, 0.25) is 0 Å². The fourth-order valence-corrected chi connectivity index (χ4v) is 3.35. The average Bonchev–Trinajstić information content (AvgIpc) is 2.77. The van der Waals surface area contributed by atoms with Gasteiger partial charge in [-0.1, -0.05) is 11.3 Å². The van der Waals surface area contributed by atoms with Gasteiger partial charge in [-0.2, -0.15) is 13.2 Å². The summed E-state index contributed by atoms with van der Waals surface area (Å²) < 4.78 is 37.6. The number of rotatable bonds is 3. The summed E-state index contributed by atoms with van der Waals surface area (Å²) in [5.74, 6) is -0.967. The molecule has 0 atom stereocenters. The predicted molar refractivity (Wildman–Crippen MR) is 63.4 cm³/mol. The third-order valence-electron chi connectivity index (χ3n) is 3.35. The summed E-state index contributed by atoms with van der Waals surface area (Å²) in [5, 5.41) is 12.9. The molecular formula is C11H16F3N3S. The summed E-state index contributed by atoms with van der Waals surface area (Å²) in [6, 6.07) is 0. The molecule has 2 rings (SSSR count). The normalized spacial score (nSPS) is 25.3. The molecular weight excluding hydrogens is 263 g/mol. The van der Waals surface area contributed by atoms with Gasteiger partial charge in [0.15, 0.2) is 0 Å². The highest BCUT2D eigenvalue weighted by atomic mass is 32.1. The van der Waals surface area contributed by atoms with Crippen LogP contribution in [0.25, 0.3) is 0 Å². The second kappa shape index (κ2) is 5.52. The van der Waals surface area contributed by atoms with E-state index in [9.17, 15) is 13.2 Å². The predicted octanol–water partition coefficient (Wildman–Crippen LogP) is 3.09. The van der Waals surface area contributed by atoms with E-state index in [-0.39, 0.29) is 18.8 Å². The van der Waals surface area contributed by atoms with Crippen LogP contribution in [0.3, 0.4) is 0 Å². The molecule has 0 aliphatic heterocycles. The third-order valence-corrected chi connectivity index (χ3v) is 4.44. The van der Waals surface area contributed by atoms with Crippen LogP contribution in [-0.4, -0.2) is 23.4 Å². The van der Waals surface area contributed by atoms with Crippen LogP contribution in [0.15, 0.2) is 0 Å². The van der Waals surface area contributed by atoms with Gasteiger partial charge in [0.25, 0.3) is 0 Å². The largest absolute Gasteiger partial charge is 0.391 e. The molecule has 0 amide bonds. The van der Waals surface area contributed by atoms with Crippen molar-refractivity contribution in [2.45, 2.75) is 44.3 Å². The number of nitrogens with one attached hydrogen (secondary N) is 1. The van der Waals surface area contributed by atoms with Crippen molar-refractivity contribution >= 4 is 11.3 Å². The molecule has 1 aromatic rings. The standard InChI is InChI=1S/C11H16F3N3S/c1-15-6-9-16-17-10(18-9)7-2-4-8(5-3-7)11(12,13)14/h7-8,15H,2-6H2,1H3. The van der Waals surface area contributed by atoms with Crippen molar-refractivity contribution in [1.29, 1.82) is 0 Å². The minimum atomic E-state index is -4.04. The zero-order valence-corrected chi connectivity index (χ0v) is 10.9. The Morgan fingerprint density at radius 2 is 1.89 bits per heavy atom. The van der Waals surface area contributed by atoms with Crippen molar-refractivity contribution < 1.29 is 13.2 Å². The Hall–Kier alpha value is -0.690. The molecule has 0 aromatic carbocycles. The number of alkyl halides is 3. The van der Waals surface area contributed by atoms with Gasteiger partial charge in [0.2, 0.25) is 0 Å². The highest BCUT2D eigenvalue weighted by Gasteiger charge is 2.42. The molecule has 1 fully saturated rings. The smallest absolute Gasteiger partial charge is 0.313 e. The van der Waals surface area contributed by atoms with Crippen LogP contribution < -0.4 is 5.32 Å². The Kier molecular flexibility index (Phi) is 4.21. The molecule has 1 heterocycles. The van der Waals surface area contributed by atoms with Gasteiger partial charge in [0.1, 0.15) is 10.0 Å². The lowest BCUT2D eigenvalue weighted by atomic mass is 9.82. The number of halogens is 3. The first-order valence-electron chi connectivity index (χ1n) is 6.04. The molecule has 1 aromatic heterocycles. The van der Waals surface area contributed by atoms with Crippen LogP contribution in [0.4, 0.5) is 13.2 Å². The van der Waals surface area contributed by atoms with E-state index < -0.39 is 12.1 Å². The average molecular weight is 279 g/mol. The Labute approximate surface area is 108 Å². The summed E-state index contributed by atoms with van der Waals surface area (Å²) in [6.07, 6.45) is -2.47. The van der Waals surface area contributed by atoms with Crippen LogP contribution in [-0.2, 0) is 6.54 Å². The second-order valence-corrected chi connectivity index (χ2v) is 5.75. The molecule has 1 aliphatic carbocycles. The molecule has 102 valence electrons. The highest BCUT2D eigenvalue weighted by molar-refractivity contribution is 7.11. The van der Waals surface area contributed by atoms with E-state index >= 15 is 0 Å². The Bertz CT molecular complexity index is 383. The van der Waals surface area contributed by atoms with E-state index in [0.717, 1.165) is 10.0 Å². The lowest BCUT2D eigenvalue weighted by molar-refractivity contribution is -0.182. The third kappa shape index (κ3) is 3.20. The van der Waals surface area contributed by atoms with Crippen molar-refractivity contribution in [1.82, 2.24) is 15.5 Å². The van der Waals surface area contributed by atoms with E-state index in [0.29, 0.717) is 19.4 Å². The molecule has 1 aliphatic rings. The van der Waals surface area contributed by atoms with Gasteiger partial charge < -0.3 is 5.32 Å². The maximum Gasteiger partial charge on any atom is 0.391 e. The van der Waals surface area contributed by atoms with E-state index in [1.807, 2.05) is 7.05 Å². The quantitative estimate of drug-likeness (QED) is 0.924. The maximum atomic E-state index is 12.5. The molecule has 0 saturated heterocycles. The van der Waals surface area contributed by atoms with Gasteiger partial charge in [0.05, 0.1) is 5.92 Å². The van der Waals surface area contributed by atoms with Crippen molar-refractivity contribution in [3.63, 3.8) is 0 Å². The number of nitrogens with zero attached hydrogens (tertiary/aromatic N) is 2.